The molecule has 0 atom stereocenters. The highest BCUT2D eigenvalue weighted by molar-refractivity contribution is 7.13. The summed E-state index contributed by atoms with van der Waals surface area (Å²) >= 11 is 0.929. The van der Waals surface area contributed by atoms with Crippen molar-refractivity contribution in [1.29, 1.82) is 0 Å². The summed E-state index contributed by atoms with van der Waals surface area (Å²) in [6.45, 7) is 2.03. The molecule has 1 amide bonds. The lowest BCUT2D eigenvalue weighted by Gasteiger charge is -2.20. The molecule has 0 unspecified atom stereocenters. The van der Waals surface area contributed by atoms with Crippen LogP contribution in [0.3, 0.4) is 0 Å². The van der Waals surface area contributed by atoms with E-state index in [0.29, 0.717) is 38.2 Å². The number of amides is 1. The second kappa shape index (κ2) is 6.64. The Kier molecular flexibility index (Phi) is 4.86. The van der Waals surface area contributed by atoms with Gasteiger partial charge in [0.25, 0.3) is 5.91 Å². The number of aliphatic carboxylic acids is 1. The van der Waals surface area contributed by atoms with Crippen LogP contribution in [0.25, 0.3) is 0 Å². The Balaban J connectivity index is 1.99. The van der Waals surface area contributed by atoms with Gasteiger partial charge in [-0.25, -0.2) is 0 Å². The number of hydrogen-bond donors (Lipinski definition) is 1. The highest BCUT2D eigenvalue weighted by atomic mass is 32.1. The summed E-state index contributed by atoms with van der Waals surface area (Å²) in [5.74, 6) is -1.13. The quantitative estimate of drug-likeness (QED) is 0.654. The van der Waals surface area contributed by atoms with Crippen molar-refractivity contribution in [1.82, 2.24) is 9.80 Å². The lowest BCUT2D eigenvalue weighted by Crippen LogP contribution is -2.36. The van der Waals surface area contributed by atoms with Gasteiger partial charge in [0.05, 0.1) is 17.0 Å². The SMILES string of the molecule is O=C(O)CN1CCCN(C(=O)c2csc([N+](=O)[O-])c2)CC1. The molecule has 1 saturated heterocycles. The van der Waals surface area contributed by atoms with E-state index in [-0.39, 0.29) is 17.5 Å². The molecular formula is C12H15N3O5S. The molecule has 0 radical (unpaired) electrons. The predicted octanol–water partition coefficient (Wildman–Crippen LogP) is 0.889. The first kappa shape index (κ1) is 15.4. The van der Waals surface area contributed by atoms with Gasteiger partial charge in [0.15, 0.2) is 0 Å². The average molecular weight is 313 g/mol. The monoisotopic (exact) mass is 313 g/mol. The molecule has 2 heterocycles. The summed E-state index contributed by atoms with van der Waals surface area (Å²) in [6, 6.07) is 1.28. The molecule has 0 aromatic carbocycles. The highest BCUT2D eigenvalue weighted by Crippen LogP contribution is 2.23. The van der Waals surface area contributed by atoms with Gasteiger partial charge in [0, 0.05) is 37.6 Å². The highest BCUT2D eigenvalue weighted by Gasteiger charge is 2.23. The fourth-order valence-corrected chi connectivity index (χ4v) is 2.94. The van der Waals surface area contributed by atoms with Crippen molar-refractivity contribution < 1.29 is 19.6 Å². The summed E-state index contributed by atoms with van der Waals surface area (Å²) in [4.78, 5) is 36.5. The van der Waals surface area contributed by atoms with E-state index >= 15 is 0 Å². The standard InChI is InChI=1S/C12H15N3O5S/c16-11(17)7-13-2-1-3-14(5-4-13)12(18)9-6-10(15(19)20)21-8-9/h6,8H,1-5,7H2,(H,16,17). The molecule has 0 aliphatic carbocycles. The van der Waals surface area contributed by atoms with Gasteiger partial charge in [-0.15, -0.1) is 0 Å². The van der Waals surface area contributed by atoms with Gasteiger partial charge in [0.1, 0.15) is 0 Å². The van der Waals surface area contributed by atoms with Crippen LogP contribution >= 0.6 is 11.3 Å². The van der Waals surface area contributed by atoms with Crippen molar-refractivity contribution in [2.45, 2.75) is 6.42 Å². The van der Waals surface area contributed by atoms with E-state index in [1.807, 2.05) is 0 Å². The van der Waals surface area contributed by atoms with Crippen molar-refractivity contribution in [3.05, 3.63) is 27.1 Å². The molecular weight excluding hydrogens is 298 g/mol. The summed E-state index contributed by atoms with van der Waals surface area (Å²) < 4.78 is 0. The van der Waals surface area contributed by atoms with Gasteiger partial charge in [-0.1, -0.05) is 11.3 Å². The van der Waals surface area contributed by atoms with Crippen molar-refractivity contribution >= 4 is 28.2 Å². The van der Waals surface area contributed by atoms with Crippen LogP contribution in [0.5, 0.6) is 0 Å². The predicted molar refractivity (Wildman–Crippen MR) is 75.6 cm³/mol. The third-order valence-electron chi connectivity index (χ3n) is 3.25. The Morgan fingerprint density at radius 1 is 1.33 bits per heavy atom. The Labute approximate surface area is 124 Å². The normalized spacial score (nSPS) is 16.5. The second-order valence-corrected chi connectivity index (χ2v) is 5.64. The molecule has 0 bridgehead atoms. The lowest BCUT2D eigenvalue weighted by atomic mass is 10.2. The maximum Gasteiger partial charge on any atom is 0.324 e. The van der Waals surface area contributed by atoms with Gasteiger partial charge in [-0.2, -0.15) is 0 Å². The lowest BCUT2D eigenvalue weighted by molar-refractivity contribution is -0.380. The van der Waals surface area contributed by atoms with Crippen LogP contribution in [0.2, 0.25) is 0 Å². The third-order valence-corrected chi connectivity index (χ3v) is 4.13. The van der Waals surface area contributed by atoms with Gasteiger partial charge in [-0.05, 0) is 6.42 Å². The first-order valence-electron chi connectivity index (χ1n) is 6.43. The zero-order valence-electron chi connectivity index (χ0n) is 11.2. The molecule has 1 fully saturated rings. The number of hydrogen-bond acceptors (Lipinski definition) is 6. The Hall–Kier alpha value is -2.00. The van der Waals surface area contributed by atoms with E-state index in [4.69, 9.17) is 5.11 Å². The number of nitro groups is 1. The number of carbonyl (C=O) groups excluding carboxylic acids is 1. The van der Waals surface area contributed by atoms with Crippen LogP contribution in [0.15, 0.2) is 11.4 Å². The summed E-state index contributed by atoms with van der Waals surface area (Å²) in [5, 5.41) is 20.9. The van der Waals surface area contributed by atoms with Crippen LogP contribution in [0.4, 0.5) is 5.00 Å². The molecule has 1 aliphatic rings. The van der Waals surface area contributed by atoms with Crippen LogP contribution in [0, 0.1) is 10.1 Å². The van der Waals surface area contributed by atoms with E-state index in [0.717, 1.165) is 11.3 Å². The number of nitrogens with zero attached hydrogens (tertiary/aromatic N) is 3. The van der Waals surface area contributed by atoms with Crippen molar-refractivity contribution in [2.24, 2.45) is 0 Å². The van der Waals surface area contributed by atoms with Gasteiger partial charge < -0.3 is 10.0 Å². The fourth-order valence-electron chi connectivity index (χ4n) is 2.24. The first-order valence-corrected chi connectivity index (χ1v) is 7.31. The maximum atomic E-state index is 12.3. The smallest absolute Gasteiger partial charge is 0.324 e. The van der Waals surface area contributed by atoms with Crippen LogP contribution in [-0.4, -0.2) is 64.4 Å². The van der Waals surface area contributed by atoms with E-state index in [1.54, 1.807) is 9.80 Å². The molecule has 1 aromatic rings. The van der Waals surface area contributed by atoms with Crippen LogP contribution < -0.4 is 0 Å². The summed E-state index contributed by atoms with van der Waals surface area (Å²) in [5.41, 5.74) is 0.318. The minimum Gasteiger partial charge on any atom is -0.480 e. The van der Waals surface area contributed by atoms with Gasteiger partial charge in [0.2, 0.25) is 0 Å². The maximum absolute atomic E-state index is 12.3. The van der Waals surface area contributed by atoms with Crippen molar-refractivity contribution in [3.8, 4) is 0 Å². The van der Waals surface area contributed by atoms with Crippen LogP contribution in [-0.2, 0) is 4.79 Å². The number of carboxylic acids is 1. The topological polar surface area (TPSA) is 104 Å². The van der Waals surface area contributed by atoms with E-state index < -0.39 is 10.9 Å². The molecule has 1 aliphatic heterocycles. The molecule has 0 spiro atoms. The zero-order valence-corrected chi connectivity index (χ0v) is 12.0. The first-order chi connectivity index (χ1) is 9.97. The summed E-state index contributed by atoms with van der Waals surface area (Å²) in [7, 11) is 0. The minimum atomic E-state index is -0.886. The third kappa shape index (κ3) is 3.99. The molecule has 1 N–H and O–H groups in total. The Morgan fingerprint density at radius 2 is 2.10 bits per heavy atom. The molecule has 0 saturated carbocycles. The molecule has 114 valence electrons. The van der Waals surface area contributed by atoms with E-state index in [1.165, 1.54) is 11.4 Å². The average Bonchev–Trinajstić information content (AvgIpc) is 2.80. The largest absolute Gasteiger partial charge is 0.480 e. The number of carbonyl (C=O) groups is 2. The number of carboxylic acid groups (broad SMARTS) is 1. The number of thiophene rings is 1. The van der Waals surface area contributed by atoms with Crippen molar-refractivity contribution in [3.63, 3.8) is 0 Å². The zero-order chi connectivity index (χ0) is 15.4. The van der Waals surface area contributed by atoms with Crippen molar-refractivity contribution in [2.75, 3.05) is 32.7 Å². The molecule has 8 nitrogen and oxygen atoms in total. The Morgan fingerprint density at radius 3 is 2.71 bits per heavy atom. The van der Waals surface area contributed by atoms with E-state index in [9.17, 15) is 19.7 Å². The van der Waals surface area contributed by atoms with Gasteiger partial charge in [-0.3, -0.25) is 24.6 Å². The van der Waals surface area contributed by atoms with E-state index in [2.05, 4.69) is 0 Å². The fraction of sp³-hybridized carbons (Fsp3) is 0.500. The molecule has 9 heteroatoms. The second-order valence-electron chi connectivity index (χ2n) is 4.75. The molecule has 1 aromatic heterocycles. The summed E-state index contributed by atoms with van der Waals surface area (Å²) in [6.07, 6.45) is 0.686. The molecule has 21 heavy (non-hydrogen) atoms. The Bertz CT molecular complexity index is 559. The molecule has 2 rings (SSSR count). The van der Waals surface area contributed by atoms with Gasteiger partial charge >= 0.3 is 11.0 Å². The van der Waals surface area contributed by atoms with Crippen LogP contribution in [0.1, 0.15) is 16.8 Å². The number of rotatable bonds is 4. The minimum absolute atomic E-state index is 0.0358.